The highest BCUT2D eigenvalue weighted by Gasteiger charge is 2.24. The highest BCUT2D eigenvalue weighted by molar-refractivity contribution is 5.58. The van der Waals surface area contributed by atoms with E-state index in [0.29, 0.717) is 0 Å². The van der Waals surface area contributed by atoms with E-state index in [1.807, 2.05) is 45.1 Å². The largest absolute Gasteiger partial charge is 0.359 e. The van der Waals surface area contributed by atoms with Gasteiger partial charge in [0.1, 0.15) is 6.79 Å². The zero-order chi connectivity index (χ0) is 22.0. The van der Waals surface area contributed by atoms with E-state index in [-0.39, 0.29) is 28.9 Å². The first-order valence-corrected chi connectivity index (χ1v) is 11.4. The molecule has 5 nitrogen and oxygen atoms in total. The van der Waals surface area contributed by atoms with Crippen LogP contribution < -0.4 is 0 Å². The van der Waals surface area contributed by atoms with Crippen LogP contribution in [0.4, 0.5) is 5.69 Å². The highest BCUT2D eigenvalue weighted by atomic mass is 16.7. The number of nitro groups is 1. The molecule has 1 saturated carbocycles. The number of hydrogen-bond acceptors (Lipinski definition) is 4. The van der Waals surface area contributed by atoms with Gasteiger partial charge in [0.05, 0.1) is 11.0 Å². The quantitative estimate of drug-likeness (QED) is 0.168. The van der Waals surface area contributed by atoms with Crippen LogP contribution in [0.5, 0.6) is 0 Å². The van der Waals surface area contributed by atoms with Crippen molar-refractivity contribution in [1.29, 1.82) is 0 Å². The van der Waals surface area contributed by atoms with E-state index in [0.717, 1.165) is 29.9 Å². The fourth-order valence-corrected chi connectivity index (χ4v) is 4.30. The van der Waals surface area contributed by atoms with Crippen LogP contribution in [0.3, 0.4) is 0 Å². The van der Waals surface area contributed by atoms with E-state index in [1.165, 1.54) is 44.9 Å². The highest BCUT2D eigenvalue weighted by Crippen LogP contribution is 2.32. The predicted octanol–water partition coefficient (Wildman–Crippen LogP) is 7.04. The SMILES string of the molecule is COCO[C@H](/C=C/c1ccc(C(C)(C)C)c([N+](=O)[O-])c1)CCCCC1CCCCC1. The van der Waals surface area contributed by atoms with E-state index in [9.17, 15) is 10.1 Å². The first-order valence-electron chi connectivity index (χ1n) is 11.4. The zero-order valence-electron chi connectivity index (χ0n) is 19.2. The summed E-state index contributed by atoms with van der Waals surface area (Å²) in [7, 11) is 1.62. The van der Waals surface area contributed by atoms with Crippen molar-refractivity contribution < 1.29 is 14.4 Å². The topological polar surface area (TPSA) is 61.6 Å². The van der Waals surface area contributed by atoms with Crippen molar-refractivity contribution in [3.63, 3.8) is 0 Å². The number of hydrogen-bond donors (Lipinski definition) is 0. The fraction of sp³-hybridized carbons (Fsp3) is 0.680. The lowest BCUT2D eigenvalue weighted by atomic mass is 9.85. The van der Waals surface area contributed by atoms with Crippen LogP contribution >= 0.6 is 0 Å². The molecular formula is C25H39NO4. The smallest absolute Gasteiger partial charge is 0.273 e. The van der Waals surface area contributed by atoms with Crippen LogP contribution in [0.25, 0.3) is 6.08 Å². The summed E-state index contributed by atoms with van der Waals surface area (Å²) < 4.78 is 10.9. The number of rotatable bonds is 11. The molecule has 1 aliphatic rings. The summed E-state index contributed by atoms with van der Waals surface area (Å²) >= 11 is 0. The molecule has 0 radical (unpaired) electrons. The molecule has 0 saturated heterocycles. The summed E-state index contributed by atoms with van der Waals surface area (Å²) in [6, 6.07) is 5.47. The Morgan fingerprint density at radius 3 is 2.57 bits per heavy atom. The number of benzene rings is 1. The minimum Gasteiger partial charge on any atom is -0.359 e. The number of ether oxygens (including phenoxy) is 2. The molecule has 0 unspecified atom stereocenters. The van der Waals surface area contributed by atoms with Gasteiger partial charge in [0, 0.05) is 18.7 Å². The molecule has 1 fully saturated rings. The van der Waals surface area contributed by atoms with Crippen molar-refractivity contribution in [2.75, 3.05) is 13.9 Å². The van der Waals surface area contributed by atoms with Gasteiger partial charge in [-0.15, -0.1) is 0 Å². The normalized spacial score (nSPS) is 16.8. The van der Waals surface area contributed by atoms with Gasteiger partial charge in [0.15, 0.2) is 0 Å². The molecule has 0 aliphatic heterocycles. The number of nitrogens with zero attached hydrogens (tertiary/aromatic N) is 1. The molecule has 0 heterocycles. The van der Waals surface area contributed by atoms with Crippen LogP contribution in [0.1, 0.15) is 89.7 Å². The fourth-order valence-electron chi connectivity index (χ4n) is 4.30. The molecule has 168 valence electrons. The molecule has 5 heteroatoms. The maximum absolute atomic E-state index is 11.5. The lowest BCUT2D eigenvalue weighted by molar-refractivity contribution is -0.386. The van der Waals surface area contributed by atoms with E-state index in [4.69, 9.17) is 9.47 Å². The molecular weight excluding hydrogens is 378 g/mol. The first-order chi connectivity index (χ1) is 14.3. The number of unbranched alkanes of at least 4 members (excludes halogenated alkanes) is 1. The Balaban J connectivity index is 1.97. The summed E-state index contributed by atoms with van der Waals surface area (Å²) in [4.78, 5) is 11.3. The first kappa shape index (κ1) is 24.5. The third-order valence-corrected chi connectivity index (χ3v) is 6.01. The van der Waals surface area contributed by atoms with Gasteiger partial charge in [-0.1, -0.05) is 96.4 Å². The predicted molar refractivity (Wildman–Crippen MR) is 123 cm³/mol. The van der Waals surface area contributed by atoms with Crippen LogP contribution in [-0.2, 0) is 14.9 Å². The summed E-state index contributed by atoms with van der Waals surface area (Å²) in [5, 5.41) is 11.5. The van der Waals surface area contributed by atoms with Crippen molar-refractivity contribution in [3.8, 4) is 0 Å². The zero-order valence-corrected chi connectivity index (χ0v) is 19.2. The monoisotopic (exact) mass is 417 g/mol. The third kappa shape index (κ3) is 8.19. The molecule has 0 N–H and O–H groups in total. The van der Waals surface area contributed by atoms with Gasteiger partial charge in [0.2, 0.25) is 0 Å². The molecule has 0 bridgehead atoms. The van der Waals surface area contributed by atoms with Gasteiger partial charge in [-0.2, -0.15) is 0 Å². The van der Waals surface area contributed by atoms with Crippen LogP contribution in [-0.4, -0.2) is 24.9 Å². The molecule has 1 aromatic carbocycles. The van der Waals surface area contributed by atoms with Crippen molar-refractivity contribution in [2.45, 2.75) is 90.1 Å². The van der Waals surface area contributed by atoms with E-state index < -0.39 is 0 Å². The van der Waals surface area contributed by atoms with Gasteiger partial charge < -0.3 is 9.47 Å². The molecule has 1 atom stereocenters. The third-order valence-electron chi connectivity index (χ3n) is 6.01. The molecule has 1 aromatic rings. The van der Waals surface area contributed by atoms with Crippen molar-refractivity contribution >= 4 is 11.8 Å². The summed E-state index contributed by atoms with van der Waals surface area (Å²) in [6.07, 6.45) is 15.5. The standard InChI is InChI=1S/C25H39NO4/c1-25(2,3)23-17-15-21(18-24(23)26(27)28)14-16-22(30-19-29-4)13-9-8-12-20-10-6-5-7-11-20/h14-18,20,22H,5-13,19H2,1-4H3/b16-14+/t22-/m0/s1. The minimum absolute atomic E-state index is 0.0438. The van der Waals surface area contributed by atoms with E-state index in [1.54, 1.807) is 13.2 Å². The number of methoxy groups -OCH3 is 1. The van der Waals surface area contributed by atoms with Crippen molar-refractivity contribution in [3.05, 3.63) is 45.5 Å². The van der Waals surface area contributed by atoms with Gasteiger partial charge in [-0.25, -0.2) is 0 Å². The molecule has 1 aliphatic carbocycles. The molecule has 2 rings (SSSR count). The Morgan fingerprint density at radius 1 is 1.20 bits per heavy atom. The summed E-state index contributed by atoms with van der Waals surface area (Å²) in [5.74, 6) is 0.912. The second-order valence-electron chi connectivity index (χ2n) is 9.54. The van der Waals surface area contributed by atoms with Crippen LogP contribution in [0.15, 0.2) is 24.3 Å². The molecule has 0 spiro atoms. The maximum Gasteiger partial charge on any atom is 0.273 e. The van der Waals surface area contributed by atoms with Gasteiger partial charge >= 0.3 is 0 Å². The average molecular weight is 418 g/mol. The lowest BCUT2D eigenvalue weighted by Gasteiger charge is -2.21. The van der Waals surface area contributed by atoms with Crippen LogP contribution in [0, 0.1) is 16.0 Å². The molecule has 0 amide bonds. The van der Waals surface area contributed by atoms with Gasteiger partial charge in [0.25, 0.3) is 5.69 Å². The Morgan fingerprint density at radius 2 is 1.93 bits per heavy atom. The lowest BCUT2D eigenvalue weighted by Crippen LogP contribution is -2.14. The molecule has 30 heavy (non-hydrogen) atoms. The Labute approximate surface area is 182 Å². The second kappa shape index (κ2) is 12.2. The maximum atomic E-state index is 11.5. The Kier molecular flexibility index (Phi) is 9.99. The van der Waals surface area contributed by atoms with E-state index >= 15 is 0 Å². The van der Waals surface area contributed by atoms with Crippen molar-refractivity contribution in [1.82, 2.24) is 0 Å². The van der Waals surface area contributed by atoms with Crippen molar-refractivity contribution in [2.24, 2.45) is 5.92 Å². The Hall–Kier alpha value is -1.72. The van der Waals surface area contributed by atoms with Gasteiger partial charge in [-0.3, -0.25) is 10.1 Å². The summed E-state index contributed by atoms with van der Waals surface area (Å²) in [5.41, 5.74) is 1.47. The van der Waals surface area contributed by atoms with E-state index in [2.05, 4.69) is 0 Å². The van der Waals surface area contributed by atoms with Gasteiger partial charge in [-0.05, 0) is 23.3 Å². The minimum atomic E-state index is -0.290. The second-order valence-corrected chi connectivity index (χ2v) is 9.54. The number of nitro benzene ring substituents is 1. The summed E-state index contributed by atoms with van der Waals surface area (Å²) in [6.45, 7) is 6.23. The average Bonchev–Trinajstić information content (AvgIpc) is 2.72. The van der Waals surface area contributed by atoms with Crippen LogP contribution in [0.2, 0.25) is 0 Å². The Bertz CT molecular complexity index is 687. The molecule has 0 aromatic heterocycles.